The van der Waals surface area contributed by atoms with Gasteiger partial charge in [0, 0.05) is 11.1 Å². The van der Waals surface area contributed by atoms with Crippen LogP contribution >= 0.6 is 0 Å². The van der Waals surface area contributed by atoms with Gasteiger partial charge in [0.15, 0.2) is 11.9 Å². The third-order valence-electron chi connectivity index (χ3n) is 7.34. The fourth-order valence-electron chi connectivity index (χ4n) is 5.11. The molecule has 0 unspecified atom stereocenters. The maximum absolute atomic E-state index is 14.0. The number of hydrogen-bond donors (Lipinski definition) is 0. The Morgan fingerprint density at radius 3 is 2.42 bits per heavy atom. The summed E-state index contributed by atoms with van der Waals surface area (Å²) in [7, 11) is 1.32. The van der Waals surface area contributed by atoms with E-state index >= 15 is 0 Å². The molecule has 0 aliphatic rings. The van der Waals surface area contributed by atoms with Crippen molar-refractivity contribution in [1.29, 1.82) is 0 Å². The van der Waals surface area contributed by atoms with Gasteiger partial charge < -0.3 is 14.2 Å². The zero-order valence-electron chi connectivity index (χ0n) is 25.3. The summed E-state index contributed by atoms with van der Waals surface area (Å²) < 4.78 is 18.2. The molecule has 8 nitrogen and oxygen atoms in total. The van der Waals surface area contributed by atoms with Crippen LogP contribution in [0.4, 0.5) is 0 Å². The average molecular weight is 578 g/mol. The van der Waals surface area contributed by atoms with Gasteiger partial charge in [-0.15, -0.1) is 0 Å². The highest BCUT2D eigenvalue weighted by Crippen LogP contribution is 2.34. The van der Waals surface area contributed by atoms with E-state index in [2.05, 4.69) is 13.8 Å². The number of ether oxygens (including phenoxy) is 3. The van der Waals surface area contributed by atoms with Crippen molar-refractivity contribution in [2.45, 2.75) is 46.6 Å². The van der Waals surface area contributed by atoms with Gasteiger partial charge >= 0.3 is 5.97 Å². The molecule has 0 fully saturated rings. The lowest BCUT2D eigenvalue weighted by Gasteiger charge is -2.18. The lowest BCUT2D eigenvalue weighted by molar-refractivity contribution is -0.147. The average Bonchev–Trinajstić information content (AvgIpc) is 3.00. The van der Waals surface area contributed by atoms with Crippen molar-refractivity contribution < 1.29 is 19.0 Å². The third-order valence-corrected chi connectivity index (χ3v) is 7.34. The summed E-state index contributed by atoms with van der Waals surface area (Å²) in [5.74, 6) is 1.34. The summed E-state index contributed by atoms with van der Waals surface area (Å²) in [6.45, 7) is 10.3. The molecule has 0 aliphatic carbocycles. The molecule has 0 saturated carbocycles. The predicted molar refractivity (Wildman–Crippen MR) is 170 cm³/mol. The van der Waals surface area contributed by atoms with Gasteiger partial charge in [-0.3, -0.25) is 4.79 Å². The minimum atomic E-state index is -0.847. The Morgan fingerprint density at radius 1 is 0.977 bits per heavy atom. The molecule has 4 aromatic carbocycles. The van der Waals surface area contributed by atoms with Gasteiger partial charge in [0.25, 0.3) is 5.56 Å². The minimum Gasteiger partial charge on any atom is -0.494 e. The molecule has 5 aromatic rings. The zero-order valence-corrected chi connectivity index (χ0v) is 25.3. The minimum absolute atomic E-state index is 0.178. The second-order valence-corrected chi connectivity index (χ2v) is 10.6. The third kappa shape index (κ3) is 5.86. The summed E-state index contributed by atoms with van der Waals surface area (Å²) in [6, 6.07) is 22.8. The van der Waals surface area contributed by atoms with Crippen molar-refractivity contribution in [3.63, 3.8) is 0 Å². The van der Waals surface area contributed by atoms with E-state index in [1.807, 2.05) is 74.5 Å². The summed E-state index contributed by atoms with van der Waals surface area (Å²) in [4.78, 5) is 31.1. The fraction of sp³-hybridized carbons (Fsp3) is 0.257. The molecule has 1 aromatic heterocycles. The van der Waals surface area contributed by atoms with Gasteiger partial charge in [0.2, 0.25) is 0 Å². The second kappa shape index (κ2) is 12.5. The highest BCUT2D eigenvalue weighted by Gasteiger charge is 2.20. The summed E-state index contributed by atoms with van der Waals surface area (Å²) in [6.07, 6.45) is 0.746. The monoisotopic (exact) mass is 577 g/mol. The van der Waals surface area contributed by atoms with Crippen molar-refractivity contribution in [2.75, 3.05) is 13.7 Å². The number of carbonyl (C=O) groups is 1. The molecular weight excluding hydrogens is 542 g/mol. The summed E-state index contributed by atoms with van der Waals surface area (Å²) in [5, 5.41) is 7.00. The van der Waals surface area contributed by atoms with Gasteiger partial charge in [0.1, 0.15) is 11.5 Å². The Hall–Kier alpha value is -4.98. The first kappa shape index (κ1) is 29.5. The number of esters is 1. The van der Waals surface area contributed by atoms with E-state index in [9.17, 15) is 9.59 Å². The van der Waals surface area contributed by atoms with Crippen LogP contribution in [0, 0.1) is 6.92 Å². The largest absolute Gasteiger partial charge is 0.494 e. The van der Waals surface area contributed by atoms with E-state index in [0.717, 1.165) is 33.2 Å². The second-order valence-electron chi connectivity index (χ2n) is 10.6. The molecule has 0 amide bonds. The topological polar surface area (TPSA) is 92.0 Å². The number of aromatic nitrogens is 2. The van der Waals surface area contributed by atoms with Gasteiger partial charge in [-0.25, -0.2) is 9.78 Å². The zero-order chi connectivity index (χ0) is 30.7. The maximum atomic E-state index is 14.0. The summed E-state index contributed by atoms with van der Waals surface area (Å²) >= 11 is 0. The lowest BCUT2D eigenvalue weighted by Crippen LogP contribution is -2.25. The Labute approximate surface area is 250 Å². The van der Waals surface area contributed by atoms with Crippen LogP contribution in [-0.2, 0) is 9.53 Å². The van der Waals surface area contributed by atoms with Crippen molar-refractivity contribution in [3.8, 4) is 22.9 Å². The Balaban J connectivity index is 1.75. The maximum Gasteiger partial charge on any atom is 0.346 e. The predicted octanol–water partition coefficient (Wildman–Crippen LogP) is 6.87. The van der Waals surface area contributed by atoms with E-state index in [0.29, 0.717) is 34.6 Å². The Bertz CT molecular complexity index is 1910. The van der Waals surface area contributed by atoms with Gasteiger partial charge in [0.05, 0.1) is 30.8 Å². The number of carbonyl (C=O) groups excluding carboxylic acids is 1. The van der Waals surface area contributed by atoms with Crippen molar-refractivity contribution in [3.05, 3.63) is 99.8 Å². The lowest BCUT2D eigenvalue weighted by atomic mass is 9.96. The number of methoxy groups -OCH3 is 1. The number of aryl methyl sites for hydroxylation is 1. The van der Waals surface area contributed by atoms with Gasteiger partial charge in [-0.05, 0) is 78.9 Å². The molecule has 0 N–H and O–H groups in total. The normalized spacial score (nSPS) is 12.3. The van der Waals surface area contributed by atoms with Crippen LogP contribution in [0.5, 0.6) is 11.5 Å². The molecule has 0 radical (unpaired) electrons. The molecule has 5 rings (SSSR count). The Morgan fingerprint density at radius 2 is 1.70 bits per heavy atom. The number of benzene rings is 4. The van der Waals surface area contributed by atoms with Crippen LogP contribution in [0.15, 0.2) is 82.7 Å². The first-order valence-corrected chi connectivity index (χ1v) is 14.3. The van der Waals surface area contributed by atoms with Crippen LogP contribution in [0.3, 0.4) is 0 Å². The first-order chi connectivity index (χ1) is 20.7. The van der Waals surface area contributed by atoms with Crippen LogP contribution in [-0.4, -0.2) is 41.7 Å². The highest BCUT2D eigenvalue weighted by molar-refractivity contribution is 6.02. The van der Waals surface area contributed by atoms with Crippen molar-refractivity contribution in [1.82, 2.24) is 9.66 Å². The molecule has 1 atom stereocenters. The number of para-hydroxylation sites is 1. The van der Waals surface area contributed by atoms with Crippen LogP contribution in [0.1, 0.15) is 50.3 Å². The quantitative estimate of drug-likeness (QED) is 0.140. The van der Waals surface area contributed by atoms with Crippen molar-refractivity contribution >= 4 is 33.9 Å². The van der Waals surface area contributed by atoms with Crippen LogP contribution in [0.2, 0.25) is 0 Å². The van der Waals surface area contributed by atoms with Gasteiger partial charge in [-0.2, -0.15) is 9.78 Å². The SMILES string of the molecule is CCOc1cc(C)c(-c2nc3ccccc3c(=O)n2N=Cc2c(O[C@H](C)C(=O)OC)ccc3ccccc23)cc1C(C)C. The van der Waals surface area contributed by atoms with E-state index in [-0.39, 0.29) is 11.5 Å². The number of fused-ring (bicyclic) bond motifs is 2. The molecule has 1 heterocycles. The molecule has 0 saturated heterocycles. The van der Waals surface area contributed by atoms with Crippen molar-refractivity contribution in [2.24, 2.45) is 5.10 Å². The van der Waals surface area contributed by atoms with Crippen LogP contribution in [0.25, 0.3) is 33.1 Å². The highest BCUT2D eigenvalue weighted by atomic mass is 16.6. The van der Waals surface area contributed by atoms with E-state index < -0.39 is 12.1 Å². The smallest absolute Gasteiger partial charge is 0.346 e. The molecule has 43 heavy (non-hydrogen) atoms. The number of nitrogens with zero attached hydrogens (tertiary/aromatic N) is 3. The molecule has 0 aliphatic heterocycles. The summed E-state index contributed by atoms with van der Waals surface area (Å²) in [5.41, 5.74) is 3.59. The van der Waals surface area contributed by atoms with Crippen LogP contribution < -0.4 is 15.0 Å². The Kier molecular flexibility index (Phi) is 8.57. The molecular formula is C35H35N3O5. The van der Waals surface area contributed by atoms with E-state index in [4.69, 9.17) is 24.3 Å². The van der Waals surface area contributed by atoms with Gasteiger partial charge in [-0.1, -0.05) is 56.3 Å². The number of rotatable bonds is 9. The van der Waals surface area contributed by atoms with E-state index in [1.54, 1.807) is 25.3 Å². The first-order valence-electron chi connectivity index (χ1n) is 14.3. The molecule has 0 bridgehead atoms. The fourth-order valence-corrected chi connectivity index (χ4v) is 5.11. The standard InChI is InChI=1S/C35H35N3O5/c1-7-42-32-18-22(4)28(19-27(32)21(2)3)33-37-30-15-11-10-14-26(30)34(39)38(33)36-20-29-25-13-9-8-12-24(25)16-17-31(29)43-23(5)35(40)41-6/h8-21,23H,7H2,1-6H3/t23-/m1/s1. The van der Waals surface area contributed by atoms with E-state index in [1.165, 1.54) is 11.8 Å². The molecule has 0 spiro atoms. The number of hydrogen-bond acceptors (Lipinski definition) is 7. The molecule has 220 valence electrons. The molecule has 8 heteroatoms.